The van der Waals surface area contributed by atoms with Crippen molar-refractivity contribution >= 4 is 30.4 Å². The Bertz CT molecular complexity index is 822. The largest absolute Gasteiger partial charge is 0.475 e. The van der Waals surface area contributed by atoms with Crippen LogP contribution in [-0.4, -0.2) is 57.4 Å². The molecule has 9 nitrogen and oxygen atoms in total. The van der Waals surface area contributed by atoms with Crippen LogP contribution in [0.4, 0.5) is 11.6 Å². The molecule has 3 N–H and O–H groups in total. The fourth-order valence-corrected chi connectivity index (χ4v) is 3.96. The van der Waals surface area contributed by atoms with Gasteiger partial charge in [0.1, 0.15) is 0 Å². The predicted octanol–water partition coefficient (Wildman–Crippen LogP) is 1.52. The highest BCUT2D eigenvalue weighted by atomic mass is 16.4. The van der Waals surface area contributed by atoms with Crippen LogP contribution < -0.4 is 10.2 Å². The number of carbonyl (C=O) groups is 2. The molecule has 1 aromatic heterocycles. The number of rotatable bonds is 11. The molecule has 0 aromatic carbocycles. The summed E-state index contributed by atoms with van der Waals surface area (Å²) in [6.07, 6.45) is 6.87. The van der Waals surface area contributed by atoms with Gasteiger partial charge in [0.25, 0.3) is 0 Å². The Morgan fingerprint density at radius 1 is 1.29 bits per heavy atom. The molecule has 2 fully saturated rings. The van der Waals surface area contributed by atoms with E-state index >= 15 is 0 Å². The molecule has 0 radical (unpaired) electrons. The maximum atomic E-state index is 13.0. The summed E-state index contributed by atoms with van der Waals surface area (Å²) in [5.41, 5.74) is 0.343. The maximum Gasteiger partial charge on any atom is 0.475 e. The molecule has 1 aliphatic carbocycles. The first-order chi connectivity index (χ1) is 14.8. The number of Topliss-reactive ketones (excluding diaryl/α,β-unsaturated/α-hetero) is 1. The molecule has 1 aromatic rings. The maximum absolute atomic E-state index is 13.0. The van der Waals surface area contributed by atoms with Crippen LogP contribution in [0.1, 0.15) is 52.4 Å². The molecular formula is C21H30BN5O4. The van der Waals surface area contributed by atoms with Gasteiger partial charge in [-0.05, 0) is 31.1 Å². The zero-order valence-electron chi connectivity index (χ0n) is 18.1. The third-order valence-corrected chi connectivity index (χ3v) is 5.95. The first-order valence-electron chi connectivity index (χ1n) is 10.9. The van der Waals surface area contributed by atoms with E-state index in [1.807, 2.05) is 13.8 Å². The smallest absolute Gasteiger partial charge is 0.426 e. The van der Waals surface area contributed by atoms with Crippen molar-refractivity contribution in [3.8, 4) is 0 Å². The number of hydrogen-bond donors (Lipinski definition) is 3. The molecule has 2 heterocycles. The lowest BCUT2D eigenvalue weighted by atomic mass is 9.74. The molecule has 1 saturated carbocycles. The van der Waals surface area contributed by atoms with E-state index in [0.717, 1.165) is 12.8 Å². The lowest BCUT2D eigenvalue weighted by Crippen LogP contribution is -2.54. The zero-order chi connectivity index (χ0) is 22.5. The molecule has 3 atom stereocenters. The van der Waals surface area contributed by atoms with Crippen molar-refractivity contribution in [1.82, 2.24) is 15.3 Å². The summed E-state index contributed by atoms with van der Waals surface area (Å²) in [6, 6.07) is -0.372. The average Bonchev–Trinajstić information content (AvgIpc) is 3.50. The van der Waals surface area contributed by atoms with Gasteiger partial charge in [-0.15, -0.1) is 0 Å². The van der Waals surface area contributed by atoms with Gasteiger partial charge in [0.05, 0.1) is 18.6 Å². The van der Waals surface area contributed by atoms with Crippen LogP contribution >= 0.6 is 0 Å². The Morgan fingerprint density at radius 3 is 2.45 bits per heavy atom. The third kappa shape index (κ3) is 6.25. The van der Waals surface area contributed by atoms with E-state index in [1.54, 1.807) is 4.90 Å². The number of nitrogens with one attached hydrogen (secondary N) is 1. The fraction of sp³-hybridized carbons (Fsp3) is 0.667. The summed E-state index contributed by atoms with van der Waals surface area (Å²) >= 11 is 0. The Hall–Kier alpha value is -2.51. The molecule has 0 spiro atoms. The zero-order valence-corrected chi connectivity index (χ0v) is 18.1. The van der Waals surface area contributed by atoms with Crippen LogP contribution in [0.15, 0.2) is 12.4 Å². The first kappa shape index (κ1) is 23.2. The molecule has 1 amide bonds. The van der Waals surface area contributed by atoms with Gasteiger partial charge in [-0.2, -0.15) is 0 Å². The SMILES string of the molecule is [C-]#[N+]c1cnc(N2CCC2C(=O)CC(CC2CC2)C(=O)NC(CC(C)C)B(O)O)nc1. The Labute approximate surface area is 183 Å². The normalized spacial score (nSPS) is 19.9. The minimum atomic E-state index is -1.64. The van der Waals surface area contributed by atoms with Crippen molar-refractivity contribution < 1.29 is 19.6 Å². The number of nitrogens with zero attached hydrogens (tertiary/aromatic N) is 4. The second-order valence-corrected chi connectivity index (χ2v) is 9.06. The summed E-state index contributed by atoms with van der Waals surface area (Å²) in [6.45, 7) is 11.5. The van der Waals surface area contributed by atoms with Gasteiger partial charge < -0.3 is 20.3 Å². The number of carbonyl (C=O) groups excluding carboxylic acids is 2. The molecule has 3 rings (SSSR count). The van der Waals surface area contributed by atoms with E-state index in [0.29, 0.717) is 43.4 Å². The van der Waals surface area contributed by atoms with Gasteiger partial charge in [-0.25, -0.2) is 14.8 Å². The number of ketones is 1. The van der Waals surface area contributed by atoms with E-state index in [1.165, 1.54) is 12.4 Å². The molecule has 10 heteroatoms. The number of amides is 1. The molecule has 31 heavy (non-hydrogen) atoms. The van der Waals surface area contributed by atoms with E-state index in [2.05, 4.69) is 20.1 Å². The van der Waals surface area contributed by atoms with Crippen molar-refractivity contribution in [3.05, 3.63) is 23.8 Å². The van der Waals surface area contributed by atoms with E-state index in [-0.39, 0.29) is 30.1 Å². The molecule has 1 saturated heterocycles. The standard InChI is InChI=1S/C21H30BN5O4/c1-13(2)8-19(22(30)31)26-20(29)15(9-14-4-5-14)10-18(28)17-6-7-27(17)21-24-11-16(23-3)12-25-21/h11-15,17,19,30-31H,4-10H2,1-2H3,(H,26,29). The predicted molar refractivity (Wildman–Crippen MR) is 116 cm³/mol. The van der Waals surface area contributed by atoms with Crippen molar-refractivity contribution in [2.24, 2.45) is 17.8 Å². The summed E-state index contributed by atoms with van der Waals surface area (Å²) in [5.74, 6) is -0.500. The average molecular weight is 427 g/mol. The highest BCUT2D eigenvalue weighted by molar-refractivity contribution is 6.43. The van der Waals surface area contributed by atoms with Crippen molar-refractivity contribution in [2.75, 3.05) is 11.4 Å². The quantitative estimate of drug-likeness (QED) is 0.362. The second kappa shape index (κ2) is 10.2. The fourth-order valence-electron chi connectivity index (χ4n) is 3.96. The van der Waals surface area contributed by atoms with Crippen LogP contribution in [0.25, 0.3) is 4.85 Å². The lowest BCUT2D eigenvalue weighted by molar-refractivity contribution is -0.131. The monoisotopic (exact) mass is 427 g/mol. The number of anilines is 1. The van der Waals surface area contributed by atoms with Crippen molar-refractivity contribution in [3.63, 3.8) is 0 Å². The second-order valence-electron chi connectivity index (χ2n) is 9.06. The molecule has 3 unspecified atom stereocenters. The van der Waals surface area contributed by atoms with E-state index in [4.69, 9.17) is 6.57 Å². The Morgan fingerprint density at radius 2 is 1.97 bits per heavy atom. The van der Waals surface area contributed by atoms with Gasteiger partial charge in [0.2, 0.25) is 17.5 Å². The number of aromatic nitrogens is 2. The van der Waals surface area contributed by atoms with E-state index < -0.39 is 19.0 Å². The molecule has 166 valence electrons. The van der Waals surface area contributed by atoms with Crippen LogP contribution in [-0.2, 0) is 9.59 Å². The van der Waals surface area contributed by atoms with Gasteiger partial charge in [0, 0.05) is 31.3 Å². The first-order valence-corrected chi connectivity index (χ1v) is 10.9. The minimum Gasteiger partial charge on any atom is -0.426 e. The Kier molecular flexibility index (Phi) is 7.62. The third-order valence-electron chi connectivity index (χ3n) is 5.95. The van der Waals surface area contributed by atoms with Crippen LogP contribution in [0.3, 0.4) is 0 Å². The summed E-state index contributed by atoms with van der Waals surface area (Å²) in [7, 11) is -1.64. The van der Waals surface area contributed by atoms with Crippen LogP contribution in [0.2, 0.25) is 0 Å². The highest BCUT2D eigenvalue weighted by Gasteiger charge is 2.39. The van der Waals surface area contributed by atoms with Gasteiger partial charge in [-0.3, -0.25) is 9.59 Å². The van der Waals surface area contributed by atoms with Gasteiger partial charge in [-0.1, -0.05) is 26.7 Å². The molecule has 2 aliphatic rings. The summed E-state index contributed by atoms with van der Waals surface area (Å²) in [5, 5.41) is 22.0. The van der Waals surface area contributed by atoms with Crippen LogP contribution in [0, 0.1) is 24.3 Å². The van der Waals surface area contributed by atoms with Crippen LogP contribution in [0.5, 0.6) is 0 Å². The van der Waals surface area contributed by atoms with E-state index in [9.17, 15) is 19.6 Å². The lowest BCUT2D eigenvalue weighted by Gasteiger charge is -2.40. The topological polar surface area (TPSA) is 120 Å². The van der Waals surface area contributed by atoms with Gasteiger partial charge >= 0.3 is 7.12 Å². The molecule has 0 bridgehead atoms. The molecular weight excluding hydrogens is 397 g/mol. The number of hydrogen-bond acceptors (Lipinski definition) is 7. The van der Waals surface area contributed by atoms with Gasteiger partial charge in [0.15, 0.2) is 5.78 Å². The Balaban J connectivity index is 1.63. The van der Waals surface area contributed by atoms with Crippen molar-refractivity contribution in [2.45, 2.75) is 64.4 Å². The summed E-state index contributed by atoms with van der Waals surface area (Å²) < 4.78 is 0. The minimum absolute atomic E-state index is 0.0325. The van der Waals surface area contributed by atoms with Crippen molar-refractivity contribution in [1.29, 1.82) is 0 Å². The molecule has 1 aliphatic heterocycles. The summed E-state index contributed by atoms with van der Waals surface area (Å²) in [4.78, 5) is 39.4. The highest BCUT2D eigenvalue weighted by Crippen LogP contribution is 2.37.